The summed E-state index contributed by atoms with van der Waals surface area (Å²) in [4.78, 5) is 3.93. The van der Waals surface area contributed by atoms with Crippen LogP contribution in [0.3, 0.4) is 0 Å². The van der Waals surface area contributed by atoms with Crippen molar-refractivity contribution in [3.05, 3.63) is 24.6 Å². The van der Waals surface area contributed by atoms with Crippen LogP contribution in [0.1, 0.15) is 0 Å². The van der Waals surface area contributed by atoms with Crippen LogP contribution in [0.4, 0.5) is 5.69 Å². The Labute approximate surface area is 69.6 Å². The van der Waals surface area contributed by atoms with E-state index in [4.69, 9.17) is 10.2 Å². The van der Waals surface area contributed by atoms with Crippen molar-refractivity contribution in [1.29, 1.82) is 0 Å². The number of nitrogens with two attached hydrogens (primary N) is 1. The Morgan fingerprint density at radius 2 is 2.18 bits per heavy atom. The number of nitrogens with zero attached hydrogens (tertiary/aromatic N) is 1. The molecule has 1 heterocycles. The predicted molar refractivity (Wildman–Crippen MR) is 45.7 cm³/mol. The van der Waals surface area contributed by atoms with Crippen LogP contribution in [0.15, 0.2) is 29.0 Å². The van der Waals surface area contributed by atoms with Gasteiger partial charge in [0.1, 0.15) is 5.52 Å². The normalized spacial score (nSPS) is 9.45. The van der Waals surface area contributed by atoms with Crippen LogP contribution in [0.25, 0.3) is 11.1 Å². The maximum Gasteiger partial charge on any atom is 0.181 e. The number of aromatic nitrogens is 1. The van der Waals surface area contributed by atoms with Gasteiger partial charge in [-0.1, -0.05) is 0 Å². The third kappa shape index (κ3) is 1.28. The second-order valence-electron chi connectivity index (χ2n) is 2.08. The summed E-state index contributed by atoms with van der Waals surface area (Å²) in [6.45, 7) is 0. The van der Waals surface area contributed by atoms with Crippen LogP contribution in [0.5, 0.6) is 0 Å². The summed E-state index contributed by atoms with van der Waals surface area (Å²) in [5.41, 5.74) is 7.79. The largest absolute Gasteiger partial charge is 0.443 e. The zero-order chi connectivity index (χ0) is 6.97. The fourth-order valence-corrected chi connectivity index (χ4v) is 0.875. The number of nitrogen functional groups attached to an aromatic ring is 1. The summed E-state index contributed by atoms with van der Waals surface area (Å²) in [5, 5.41) is 0. The minimum Gasteiger partial charge on any atom is -0.443 e. The number of hydrogen-bond acceptors (Lipinski definition) is 3. The van der Waals surface area contributed by atoms with Crippen molar-refractivity contribution in [2.45, 2.75) is 0 Å². The topological polar surface area (TPSA) is 52.0 Å². The first-order chi connectivity index (χ1) is 4.86. The molecular formula is C7H7ClN2O. The van der Waals surface area contributed by atoms with E-state index in [0.717, 1.165) is 11.1 Å². The molecule has 0 unspecified atom stereocenters. The van der Waals surface area contributed by atoms with Gasteiger partial charge >= 0.3 is 0 Å². The molecule has 1 aromatic carbocycles. The van der Waals surface area contributed by atoms with Crippen molar-refractivity contribution in [3.63, 3.8) is 0 Å². The number of anilines is 1. The van der Waals surface area contributed by atoms with E-state index in [1.807, 2.05) is 0 Å². The van der Waals surface area contributed by atoms with Gasteiger partial charge in [0.15, 0.2) is 12.0 Å². The van der Waals surface area contributed by atoms with Crippen LogP contribution in [0, 0.1) is 0 Å². The third-order valence-electron chi connectivity index (χ3n) is 1.35. The van der Waals surface area contributed by atoms with E-state index in [0.29, 0.717) is 5.69 Å². The van der Waals surface area contributed by atoms with Crippen LogP contribution < -0.4 is 5.73 Å². The highest BCUT2D eigenvalue weighted by atomic mass is 35.5. The molecule has 0 atom stereocenters. The Kier molecular flexibility index (Phi) is 2.01. The molecule has 0 aliphatic heterocycles. The lowest BCUT2D eigenvalue weighted by molar-refractivity contribution is 0.602. The lowest BCUT2D eigenvalue weighted by Crippen LogP contribution is -1.81. The van der Waals surface area contributed by atoms with Gasteiger partial charge in [0.25, 0.3) is 0 Å². The summed E-state index contributed by atoms with van der Waals surface area (Å²) in [6, 6.07) is 5.37. The number of hydrogen-bond donors (Lipinski definition) is 1. The van der Waals surface area contributed by atoms with Crippen molar-refractivity contribution in [1.82, 2.24) is 4.98 Å². The highest BCUT2D eigenvalue weighted by Crippen LogP contribution is 2.14. The second-order valence-corrected chi connectivity index (χ2v) is 2.08. The monoisotopic (exact) mass is 170 g/mol. The first kappa shape index (κ1) is 7.88. The lowest BCUT2D eigenvalue weighted by Gasteiger charge is -1.88. The molecule has 0 spiro atoms. The predicted octanol–water partition coefficient (Wildman–Crippen LogP) is 1.83. The highest BCUT2D eigenvalue weighted by Gasteiger charge is 1.95. The minimum atomic E-state index is 0. The quantitative estimate of drug-likeness (QED) is 0.614. The van der Waals surface area contributed by atoms with Gasteiger partial charge in [-0.2, -0.15) is 0 Å². The molecule has 58 valence electrons. The van der Waals surface area contributed by atoms with Gasteiger partial charge in [-0.3, -0.25) is 0 Å². The summed E-state index contributed by atoms with van der Waals surface area (Å²) < 4.78 is 5.01. The standard InChI is InChI=1S/C7H6N2O.ClH/c8-5-1-2-7-6(3-5)9-4-10-7;/h1-4H,8H2;1H. The van der Waals surface area contributed by atoms with E-state index >= 15 is 0 Å². The molecular weight excluding hydrogens is 164 g/mol. The molecule has 0 fully saturated rings. The van der Waals surface area contributed by atoms with Gasteiger partial charge in [0, 0.05) is 5.69 Å². The van der Waals surface area contributed by atoms with Crippen molar-refractivity contribution in [3.8, 4) is 0 Å². The fourth-order valence-electron chi connectivity index (χ4n) is 0.875. The molecule has 0 saturated heterocycles. The van der Waals surface area contributed by atoms with Crippen molar-refractivity contribution in [2.24, 2.45) is 0 Å². The molecule has 2 rings (SSSR count). The average Bonchev–Trinajstić information content (AvgIpc) is 2.33. The fraction of sp³-hybridized carbons (Fsp3) is 0. The van der Waals surface area contributed by atoms with Gasteiger partial charge in [-0.25, -0.2) is 4.98 Å². The number of halogens is 1. The zero-order valence-electron chi connectivity index (χ0n) is 5.65. The molecule has 0 radical (unpaired) electrons. The van der Waals surface area contributed by atoms with Gasteiger partial charge in [0.05, 0.1) is 0 Å². The Morgan fingerprint density at radius 1 is 1.36 bits per heavy atom. The molecule has 1 aromatic heterocycles. The van der Waals surface area contributed by atoms with Crippen LogP contribution in [-0.2, 0) is 0 Å². The number of rotatable bonds is 0. The molecule has 11 heavy (non-hydrogen) atoms. The number of oxazole rings is 1. The Bertz CT molecular complexity index is 358. The summed E-state index contributed by atoms with van der Waals surface area (Å²) in [7, 11) is 0. The number of fused-ring (bicyclic) bond motifs is 1. The molecule has 0 saturated carbocycles. The van der Waals surface area contributed by atoms with E-state index in [-0.39, 0.29) is 12.4 Å². The molecule has 0 amide bonds. The van der Waals surface area contributed by atoms with Crippen LogP contribution in [0.2, 0.25) is 0 Å². The van der Waals surface area contributed by atoms with E-state index in [2.05, 4.69) is 4.98 Å². The average molecular weight is 171 g/mol. The summed E-state index contributed by atoms with van der Waals surface area (Å²) in [5.74, 6) is 0. The smallest absolute Gasteiger partial charge is 0.181 e. The molecule has 2 N–H and O–H groups in total. The molecule has 0 aliphatic rings. The van der Waals surface area contributed by atoms with Gasteiger partial charge < -0.3 is 10.2 Å². The van der Waals surface area contributed by atoms with E-state index in [9.17, 15) is 0 Å². The molecule has 3 nitrogen and oxygen atoms in total. The maximum atomic E-state index is 5.50. The summed E-state index contributed by atoms with van der Waals surface area (Å²) in [6.07, 6.45) is 1.41. The van der Waals surface area contributed by atoms with Crippen LogP contribution >= 0.6 is 12.4 Å². The lowest BCUT2D eigenvalue weighted by atomic mass is 10.3. The molecule has 4 heteroatoms. The number of benzene rings is 1. The second kappa shape index (κ2) is 2.80. The van der Waals surface area contributed by atoms with Crippen LogP contribution in [-0.4, -0.2) is 4.98 Å². The van der Waals surface area contributed by atoms with Crippen molar-refractivity contribution >= 4 is 29.2 Å². The Morgan fingerprint density at radius 3 is 3.00 bits per heavy atom. The highest BCUT2D eigenvalue weighted by molar-refractivity contribution is 5.85. The zero-order valence-corrected chi connectivity index (χ0v) is 6.47. The minimum absolute atomic E-state index is 0. The Hall–Kier alpha value is -1.22. The van der Waals surface area contributed by atoms with E-state index in [1.54, 1.807) is 18.2 Å². The molecule has 0 aliphatic carbocycles. The van der Waals surface area contributed by atoms with Crippen molar-refractivity contribution < 1.29 is 4.42 Å². The van der Waals surface area contributed by atoms with Gasteiger partial charge in [-0.15, -0.1) is 12.4 Å². The maximum absolute atomic E-state index is 5.50. The van der Waals surface area contributed by atoms with E-state index in [1.165, 1.54) is 6.39 Å². The van der Waals surface area contributed by atoms with E-state index < -0.39 is 0 Å². The van der Waals surface area contributed by atoms with Gasteiger partial charge in [0.2, 0.25) is 0 Å². The summed E-state index contributed by atoms with van der Waals surface area (Å²) >= 11 is 0. The molecule has 2 aromatic rings. The first-order valence-corrected chi connectivity index (χ1v) is 2.95. The first-order valence-electron chi connectivity index (χ1n) is 2.95. The van der Waals surface area contributed by atoms with Crippen molar-refractivity contribution in [2.75, 3.05) is 5.73 Å². The third-order valence-corrected chi connectivity index (χ3v) is 1.35. The van der Waals surface area contributed by atoms with Gasteiger partial charge in [-0.05, 0) is 18.2 Å². The Balaban J connectivity index is 0.000000605. The SMILES string of the molecule is Cl.Nc1ccc2ocnc2c1. The molecule has 0 bridgehead atoms.